The molecule has 8 nitrogen and oxygen atoms in total. The zero-order valence-electron chi connectivity index (χ0n) is 21.4. The standard InChI is InChI=1S/C28H31N3O.C2H2O4/c1-22-20-25-14-8-9-15-26(25)31(22)27(32)21-29-16-18-30(19-17-29)28(23-10-4-2-5-11-23)24-12-6-3-7-13-24;3-1(4)2(5)6/h2-15,22,28H,16-21H2,1H3;(H,3,4)(H,5,6). The van der Waals surface area contributed by atoms with Gasteiger partial charge in [-0.3, -0.25) is 14.6 Å². The van der Waals surface area contributed by atoms with Gasteiger partial charge in [0.2, 0.25) is 5.91 Å². The molecule has 0 spiro atoms. The Morgan fingerprint density at radius 2 is 1.26 bits per heavy atom. The number of carboxylic acid groups (broad SMARTS) is 2. The van der Waals surface area contributed by atoms with E-state index in [9.17, 15) is 4.79 Å². The summed E-state index contributed by atoms with van der Waals surface area (Å²) in [5, 5.41) is 14.8. The molecule has 5 rings (SSSR count). The summed E-state index contributed by atoms with van der Waals surface area (Å²) in [6, 6.07) is 30.3. The Balaban J connectivity index is 0.000000505. The highest BCUT2D eigenvalue weighted by Crippen LogP contribution is 2.32. The number of fused-ring (bicyclic) bond motifs is 1. The van der Waals surface area contributed by atoms with Crippen LogP contribution in [-0.2, 0) is 20.8 Å². The van der Waals surface area contributed by atoms with Gasteiger partial charge < -0.3 is 15.1 Å². The molecule has 3 aromatic carbocycles. The van der Waals surface area contributed by atoms with Gasteiger partial charge in [-0.1, -0.05) is 78.9 Å². The van der Waals surface area contributed by atoms with E-state index in [4.69, 9.17) is 19.8 Å². The van der Waals surface area contributed by atoms with Gasteiger partial charge in [-0.2, -0.15) is 0 Å². The summed E-state index contributed by atoms with van der Waals surface area (Å²) in [6.07, 6.45) is 0.950. The molecule has 198 valence electrons. The Hall–Kier alpha value is -4.01. The van der Waals surface area contributed by atoms with E-state index in [0.717, 1.165) is 38.3 Å². The smallest absolute Gasteiger partial charge is 0.414 e. The minimum atomic E-state index is -1.82. The lowest BCUT2D eigenvalue weighted by molar-refractivity contribution is -0.159. The van der Waals surface area contributed by atoms with Gasteiger partial charge in [0, 0.05) is 37.9 Å². The SMILES string of the molecule is CC1Cc2ccccc2N1C(=O)CN1CCN(C(c2ccccc2)c2ccccc2)CC1.O=C(O)C(=O)O. The summed E-state index contributed by atoms with van der Waals surface area (Å²) < 4.78 is 0. The maximum atomic E-state index is 13.2. The fourth-order valence-corrected chi connectivity index (χ4v) is 5.28. The molecule has 2 heterocycles. The number of nitrogens with zero attached hydrogens (tertiary/aromatic N) is 3. The van der Waals surface area contributed by atoms with Crippen molar-refractivity contribution in [2.75, 3.05) is 37.6 Å². The molecule has 8 heteroatoms. The molecule has 2 aliphatic rings. The fraction of sp³-hybridized carbons (Fsp3) is 0.300. The van der Waals surface area contributed by atoms with E-state index in [0.29, 0.717) is 6.54 Å². The summed E-state index contributed by atoms with van der Waals surface area (Å²) in [4.78, 5) is 38.3. The molecule has 3 aromatic rings. The van der Waals surface area contributed by atoms with Gasteiger partial charge in [0.1, 0.15) is 0 Å². The maximum Gasteiger partial charge on any atom is 0.414 e. The van der Waals surface area contributed by atoms with Crippen molar-refractivity contribution >= 4 is 23.5 Å². The van der Waals surface area contributed by atoms with Gasteiger partial charge >= 0.3 is 11.9 Å². The van der Waals surface area contributed by atoms with Crippen molar-refractivity contribution in [3.8, 4) is 0 Å². The van der Waals surface area contributed by atoms with Crippen LogP contribution in [0.2, 0.25) is 0 Å². The molecule has 1 amide bonds. The highest BCUT2D eigenvalue weighted by molar-refractivity contribution is 6.27. The molecule has 0 saturated carbocycles. The second-order valence-corrected chi connectivity index (χ2v) is 9.59. The van der Waals surface area contributed by atoms with Crippen molar-refractivity contribution in [1.82, 2.24) is 9.80 Å². The number of rotatable bonds is 5. The maximum absolute atomic E-state index is 13.2. The first kappa shape index (κ1) is 27.0. The van der Waals surface area contributed by atoms with Gasteiger partial charge in [-0.25, -0.2) is 9.59 Å². The number of carbonyl (C=O) groups is 3. The van der Waals surface area contributed by atoms with Gasteiger partial charge in [0.25, 0.3) is 0 Å². The van der Waals surface area contributed by atoms with Crippen LogP contribution >= 0.6 is 0 Å². The van der Waals surface area contributed by atoms with Crippen molar-refractivity contribution in [3.05, 3.63) is 102 Å². The lowest BCUT2D eigenvalue weighted by Gasteiger charge is -2.40. The van der Waals surface area contributed by atoms with Crippen molar-refractivity contribution in [2.45, 2.75) is 25.4 Å². The zero-order valence-corrected chi connectivity index (χ0v) is 21.4. The quantitative estimate of drug-likeness (QED) is 0.502. The van der Waals surface area contributed by atoms with Crippen molar-refractivity contribution in [2.24, 2.45) is 0 Å². The van der Waals surface area contributed by atoms with Gasteiger partial charge in [-0.05, 0) is 36.1 Å². The molecule has 1 atom stereocenters. The van der Waals surface area contributed by atoms with Crippen LogP contribution in [0.15, 0.2) is 84.9 Å². The van der Waals surface area contributed by atoms with Crippen LogP contribution in [0.3, 0.4) is 0 Å². The number of hydrogen-bond acceptors (Lipinski definition) is 5. The number of carbonyl (C=O) groups excluding carboxylic acids is 1. The van der Waals surface area contributed by atoms with Crippen LogP contribution in [0.1, 0.15) is 29.7 Å². The molecule has 0 aromatic heterocycles. The highest BCUT2D eigenvalue weighted by Gasteiger charge is 2.33. The number of hydrogen-bond donors (Lipinski definition) is 2. The number of benzene rings is 3. The van der Waals surface area contributed by atoms with E-state index in [1.54, 1.807) is 0 Å². The third kappa shape index (κ3) is 6.45. The van der Waals surface area contributed by atoms with Crippen LogP contribution < -0.4 is 4.90 Å². The Morgan fingerprint density at radius 1 is 0.763 bits per heavy atom. The number of carboxylic acids is 2. The predicted octanol–water partition coefficient (Wildman–Crippen LogP) is 3.53. The van der Waals surface area contributed by atoms with Gasteiger partial charge in [0.15, 0.2) is 0 Å². The van der Waals surface area contributed by atoms with Crippen LogP contribution in [0, 0.1) is 0 Å². The Labute approximate surface area is 222 Å². The normalized spacial score (nSPS) is 17.4. The molecule has 1 unspecified atom stereocenters. The first-order valence-electron chi connectivity index (χ1n) is 12.8. The number of para-hydroxylation sites is 1. The first-order valence-corrected chi connectivity index (χ1v) is 12.8. The fourth-order valence-electron chi connectivity index (χ4n) is 5.28. The number of amides is 1. The van der Waals surface area contributed by atoms with Crippen LogP contribution in [0.25, 0.3) is 0 Å². The minimum Gasteiger partial charge on any atom is -0.473 e. The molecule has 38 heavy (non-hydrogen) atoms. The molecule has 2 aliphatic heterocycles. The topological polar surface area (TPSA) is 101 Å². The molecule has 1 fully saturated rings. The third-order valence-electron chi connectivity index (χ3n) is 7.02. The number of anilines is 1. The lowest BCUT2D eigenvalue weighted by Crippen LogP contribution is -2.51. The average Bonchev–Trinajstić information content (AvgIpc) is 3.27. The van der Waals surface area contributed by atoms with E-state index in [-0.39, 0.29) is 18.0 Å². The van der Waals surface area contributed by atoms with Crippen LogP contribution in [-0.4, -0.2) is 76.6 Å². The zero-order chi connectivity index (χ0) is 27.1. The Bertz CT molecular complexity index is 1190. The third-order valence-corrected chi connectivity index (χ3v) is 7.02. The largest absolute Gasteiger partial charge is 0.473 e. The number of aliphatic carboxylic acids is 2. The average molecular weight is 516 g/mol. The monoisotopic (exact) mass is 515 g/mol. The summed E-state index contributed by atoms with van der Waals surface area (Å²) in [5.74, 6) is -3.43. The summed E-state index contributed by atoms with van der Waals surface area (Å²) in [5.41, 5.74) is 5.03. The Morgan fingerprint density at radius 3 is 1.79 bits per heavy atom. The Kier molecular flexibility index (Phi) is 8.89. The molecule has 0 aliphatic carbocycles. The molecular weight excluding hydrogens is 482 g/mol. The molecular formula is C30H33N3O5. The van der Waals surface area contributed by atoms with E-state index >= 15 is 0 Å². The molecule has 0 bridgehead atoms. The molecule has 1 saturated heterocycles. The van der Waals surface area contributed by atoms with Crippen LogP contribution in [0.5, 0.6) is 0 Å². The molecule has 2 N–H and O–H groups in total. The van der Waals surface area contributed by atoms with Gasteiger partial charge in [0.05, 0.1) is 12.6 Å². The first-order chi connectivity index (χ1) is 18.3. The summed E-state index contributed by atoms with van der Waals surface area (Å²) >= 11 is 0. The lowest BCUT2D eigenvalue weighted by atomic mass is 9.96. The van der Waals surface area contributed by atoms with E-state index in [1.165, 1.54) is 16.7 Å². The van der Waals surface area contributed by atoms with Crippen molar-refractivity contribution in [3.63, 3.8) is 0 Å². The van der Waals surface area contributed by atoms with E-state index in [2.05, 4.69) is 95.6 Å². The van der Waals surface area contributed by atoms with Crippen LogP contribution in [0.4, 0.5) is 5.69 Å². The minimum absolute atomic E-state index is 0.221. The van der Waals surface area contributed by atoms with E-state index < -0.39 is 11.9 Å². The highest BCUT2D eigenvalue weighted by atomic mass is 16.4. The van der Waals surface area contributed by atoms with E-state index in [1.807, 2.05) is 11.0 Å². The van der Waals surface area contributed by atoms with Crippen molar-refractivity contribution in [1.29, 1.82) is 0 Å². The summed E-state index contributed by atoms with van der Waals surface area (Å²) in [7, 11) is 0. The van der Waals surface area contributed by atoms with Gasteiger partial charge in [-0.15, -0.1) is 0 Å². The molecule has 0 radical (unpaired) electrons. The predicted molar refractivity (Wildman–Crippen MR) is 145 cm³/mol. The summed E-state index contributed by atoms with van der Waals surface area (Å²) in [6.45, 7) is 6.37. The van der Waals surface area contributed by atoms with Crippen molar-refractivity contribution < 1.29 is 24.6 Å². The number of piperazine rings is 1. The second-order valence-electron chi connectivity index (χ2n) is 9.59. The second kappa shape index (κ2) is 12.5.